The Hall–Kier alpha value is -2.36. The lowest BCUT2D eigenvalue weighted by Crippen LogP contribution is -2.20. The van der Waals surface area contributed by atoms with Gasteiger partial charge in [0.15, 0.2) is 11.0 Å². The van der Waals surface area contributed by atoms with Crippen LogP contribution in [0.4, 0.5) is 5.00 Å². The van der Waals surface area contributed by atoms with E-state index in [0.717, 1.165) is 35.3 Å². The summed E-state index contributed by atoms with van der Waals surface area (Å²) in [6.07, 6.45) is 2.76. The van der Waals surface area contributed by atoms with Crippen molar-refractivity contribution in [2.75, 3.05) is 11.1 Å². The standard InChI is InChI=1S/C21H22ClN5O2S2/c1-11-3-8-14-15(9-11)31-20(17(14)18(23)29)24-16(28)10-30-21-26-25-19(27(21)2)12-4-6-13(22)7-5-12/h4-7,11H,3,8-10H2,1-2H3,(H2,23,29)(H,24,28). The monoisotopic (exact) mass is 475 g/mol. The third kappa shape index (κ3) is 4.63. The third-order valence-electron chi connectivity index (χ3n) is 5.28. The van der Waals surface area contributed by atoms with Gasteiger partial charge in [-0.2, -0.15) is 0 Å². The van der Waals surface area contributed by atoms with Crippen molar-refractivity contribution in [3.05, 3.63) is 45.3 Å². The van der Waals surface area contributed by atoms with Crippen molar-refractivity contribution in [1.82, 2.24) is 14.8 Å². The van der Waals surface area contributed by atoms with Gasteiger partial charge in [-0.25, -0.2) is 0 Å². The fourth-order valence-corrected chi connectivity index (χ4v) is 5.95. The fraction of sp³-hybridized carbons (Fsp3) is 0.333. The van der Waals surface area contributed by atoms with E-state index in [-0.39, 0.29) is 11.7 Å². The number of nitrogens with one attached hydrogen (secondary N) is 1. The van der Waals surface area contributed by atoms with Gasteiger partial charge in [0, 0.05) is 22.5 Å². The van der Waals surface area contributed by atoms with E-state index in [1.807, 2.05) is 23.7 Å². The van der Waals surface area contributed by atoms with Crippen molar-refractivity contribution < 1.29 is 9.59 Å². The van der Waals surface area contributed by atoms with Gasteiger partial charge in [0.1, 0.15) is 5.00 Å². The number of fused-ring (bicyclic) bond motifs is 1. The van der Waals surface area contributed by atoms with Crippen LogP contribution < -0.4 is 11.1 Å². The van der Waals surface area contributed by atoms with E-state index in [2.05, 4.69) is 22.4 Å². The van der Waals surface area contributed by atoms with E-state index < -0.39 is 5.91 Å². The Balaban J connectivity index is 1.45. The largest absolute Gasteiger partial charge is 0.365 e. The van der Waals surface area contributed by atoms with E-state index in [4.69, 9.17) is 17.3 Å². The molecule has 7 nitrogen and oxygen atoms in total. The second-order valence-corrected chi connectivity index (χ2v) is 10.1. The van der Waals surface area contributed by atoms with Crippen LogP contribution in [0.3, 0.4) is 0 Å². The molecule has 4 rings (SSSR count). The minimum atomic E-state index is -0.490. The Morgan fingerprint density at radius 3 is 2.77 bits per heavy atom. The number of thiophene rings is 1. The Bertz CT molecular complexity index is 1140. The molecule has 10 heteroatoms. The number of nitrogens with two attached hydrogens (primary N) is 1. The molecule has 0 saturated heterocycles. The van der Waals surface area contributed by atoms with Crippen molar-refractivity contribution in [2.45, 2.75) is 31.3 Å². The zero-order valence-corrected chi connectivity index (χ0v) is 19.5. The van der Waals surface area contributed by atoms with Gasteiger partial charge in [0.25, 0.3) is 5.91 Å². The van der Waals surface area contributed by atoms with Crippen LogP contribution in [0, 0.1) is 5.92 Å². The van der Waals surface area contributed by atoms with Crippen LogP contribution in [0.1, 0.15) is 34.1 Å². The lowest BCUT2D eigenvalue weighted by molar-refractivity contribution is -0.113. The first-order valence-electron chi connectivity index (χ1n) is 9.85. The summed E-state index contributed by atoms with van der Waals surface area (Å²) in [7, 11) is 1.85. The van der Waals surface area contributed by atoms with Crippen LogP contribution in [0.5, 0.6) is 0 Å². The number of rotatable bonds is 6. The summed E-state index contributed by atoms with van der Waals surface area (Å²) in [4.78, 5) is 25.8. The van der Waals surface area contributed by atoms with E-state index in [1.54, 1.807) is 12.1 Å². The quantitative estimate of drug-likeness (QED) is 0.521. The lowest BCUT2D eigenvalue weighted by atomic mass is 9.88. The van der Waals surface area contributed by atoms with Crippen LogP contribution in [-0.4, -0.2) is 32.3 Å². The number of thioether (sulfide) groups is 1. The topological polar surface area (TPSA) is 103 Å². The first-order chi connectivity index (χ1) is 14.8. The molecule has 2 amide bonds. The third-order valence-corrected chi connectivity index (χ3v) is 7.72. The Labute approximate surface area is 193 Å². The molecule has 31 heavy (non-hydrogen) atoms. The van der Waals surface area contributed by atoms with Gasteiger partial charge in [-0.15, -0.1) is 21.5 Å². The molecule has 0 bridgehead atoms. The zero-order chi connectivity index (χ0) is 22.1. The summed E-state index contributed by atoms with van der Waals surface area (Å²) < 4.78 is 1.83. The number of halogens is 1. The summed E-state index contributed by atoms with van der Waals surface area (Å²) in [5, 5.41) is 13.1. The number of anilines is 1. The number of hydrogen-bond acceptors (Lipinski definition) is 6. The molecule has 3 aromatic rings. The van der Waals surface area contributed by atoms with Gasteiger partial charge in [-0.05, 0) is 55.0 Å². The Morgan fingerprint density at radius 2 is 2.06 bits per heavy atom. The molecule has 2 heterocycles. The van der Waals surface area contributed by atoms with E-state index >= 15 is 0 Å². The summed E-state index contributed by atoms with van der Waals surface area (Å²) in [6, 6.07) is 7.34. The molecule has 1 atom stereocenters. The van der Waals surface area contributed by atoms with E-state index in [9.17, 15) is 9.59 Å². The van der Waals surface area contributed by atoms with Crippen LogP contribution in [0.25, 0.3) is 11.4 Å². The summed E-state index contributed by atoms with van der Waals surface area (Å²) in [5.74, 6) is 0.697. The highest BCUT2D eigenvalue weighted by atomic mass is 35.5. The Morgan fingerprint density at radius 1 is 1.32 bits per heavy atom. The molecule has 0 aliphatic heterocycles. The molecule has 0 spiro atoms. The number of hydrogen-bond donors (Lipinski definition) is 2. The van der Waals surface area contributed by atoms with Crippen molar-refractivity contribution in [3.63, 3.8) is 0 Å². The molecule has 1 aliphatic carbocycles. The average molecular weight is 476 g/mol. The van der Waals surface area contributed by atoms with Crippen molar-refractivity contribution in [3.8, 4) is 11.4 Å². The highest BCUT2D eigenvalue weighted by Gasteiger charge is 2.27. The molecule has 1 aromatic carbocycles. The molecule has 162 valence electrons. The smallest absolute Gasteiger partial charge is 0.251 e. The second kappa shape index (κ2) is 9.02. The van der Waals surface area contributed by atoms with Gasteiger partial charge >= 0.3 is 0 Å². The fourth-order valence-electron chi connectivity index (χ4n) is 3.68. The molecular weight excluding hydrogens is 454 g/mol. The number of primary amides is 1. The van der Waals surface area contributed by atoms with Crippen LogP contribution in [0.15, 0.2) is 29.4 Å². The maximum atomic E-state index is 12.6. The average Bonchev–Trinajstić information content (AvgIpc) is 3.26. The van der Waals surface area contributed by atoms with Crippen molar-refractivity contribution in [1.29, 1.82) is 0 Å². The van der Waals surface area contributed by atoms with Gasteiger partial charge in [0.05, 0.1) is 11.3 Å². The Kier molecular flexibility index (Phi) is 6.36. The number of carbonyl (C=O) groups excluding carboxylic acids is 2. The molecular formula is C21H22ClN5O2S2. The van der Waals surface area contributed by atoms with E-state index in [1.165, 1.54) is 23.1 Å². The molecule has 0 radical (unpaired) electrons. The first kappa shape index (κ1) is 21.9. The second-order valence-electron chi connectivity index (χ2n) is 7.63. The van der Waals surface area contributed by atoms with Crippen LogP contribution in [0.2, 0.25) is 5.02 Å². The number of benzene rings is 1. The van der Waals surface area contributed by atoms with Gasteiger partial charge < -0.3 is 15.6 Å². The van der Waals surface area contributed by atoms with E-state index in [0.29, 0.717) is 32.5 Å². The van der Waals surface area contributed by atoms with Crippen LogP contribution in [-0.2, 0) is 24.7 Å². The predicted molar refractivity (Wildman–Crippen MR) is 125 cm³/mol. The molecule has 0 fully saturated rings. The summed E-state index contributed by atoms with van der Waals surface area (Å²) in [6.45, 7) is 2.20. The molecule has 1 unspecified atom stereocenters. The van der Waals surface area contributed by atoms with Crippen molar-refractivity contribution >= 4 is 51.5 Å². The predicted octanol–water partition coefficient (Wildman–Crippen LogP) is 4.15. The minimum Gasteiger partial charge on any atom is -0.365 e. The number of nitrogens with zero attached hydrogens (tertiary/aromatic N) is 3. The highest BCUT2D eigenvalue weighted by molar-refractivity contribution is 7.99. The zero-order valence-electron chi connectivity index (χ0n) is 17.1. The first-order valence-corrected chi connectivity index (χ1v) is 12.0. The lowest BCUT2D eigenvalue weighted by Gasteiger charge is -2.18. The summed E-state index contributed by atoms with van der Waals surface area (Å²) in [5.41, 5.74) is 7.98. The molecule has 0 saturated carbocycles. The SMILES string of the molecule is CC1CCc2c(sc(NC(=O)CSc3nnc(-c4ccc(Cl)cc4)n3C)c2C(N)=O)C1. The van der Waals surface area contributed by atoms with Gasteiger partial charge in [-0.3, -0.25) is 9.59 Å². The summed E-state index contributed by atoms with van der Waals surface area (Å²) >= 11 is 8.69. The van der Waals surface area contributed by atoms with Crippen LogP contribution >= 0.6 is 34.7 Å². The number of carbonyl (C=O) groups is 2. The van der Waals surface area contributed by atoms with Gasteiger partial charge in [-0.1, -0.05) is 30.3 Å². The normalized spacial score (nSPS) is 15.5. The minimum absolute atomic E-state index is 0.143. The molecule has 3 N–H and O–H groups in total. The maximum Gasteiger partial charge on any atom is 0.251 e. The van der Waals surface area contributed by atoms with Crippen molar-refractivity contribution in [2.24, 2.45) is 18.7 Å². The molecule has 1 aliphatic rings. The highest BCUT2D eigenvalue weighted by Crippen LogP contribution is 2.39. The number of aromatic nitrogens is 3. The van der Waals surface area contributed by atoms with Gasteiger partial charge in [0.2, 0.25) is 5.91 Å². The number of amides is 2. The molecule has 2 aromatic heterocycles. The maximum absolute atomic E-state index is 12.6.